The Morgan fingerprint density at radius 1 is 1.43 bits per heavy atom. The van der Waals surface area contributed by atoms with Crippen LogP contribution >= 0.6 is 0 Å². The van der Waals surface area contributed by atoms with E-state index in [1.165, 1.54) is 0 Å². The molecule has 21 heavy (non-hydrogen) atoms. The van der Waals surface area contributed by atoms with Gasteiger partial charge in [-0.15, -0.1) is 0 Å². The Hall–Kier alpha value is -1.53. The van der Waals surface area contributed by atoms with Crippen molar-refractivity contribution in [2.24, 2.45) is 5.92 Å². The molecule has 1 fully saturated rings. The van der Waals surface area contributed by atoms with Gasteiger partial charge in [-0.2, -0.15) is 4.31 Å². The van der Waals surface area contributed by atoms with Crippen molar-refractivity contribution in [1.29, 1.82) is 0 Å². The Balaban J connectivity index is 2.02. The van der Waals surface area contributed by atoms with E-state index in [2.05, 4.69) is 11.9 Å². The fourth-order valence-electron chi connectivity index (χ4n) is 3.04. The molecule has 0 radical (unpaired) electrons. The lowest BCUT2D eigenvalue weighted by molar-refractivity contribution is 0.261. The normalized spacial score (nSPS) is 20.9. The number of aromatic nitrogens is 1. The van der Waals surface area contributed by atoms with Gasteiger partial charge in [0.15, 0.2) is 0 Å². The predicted octanol–water partition coefficient (Wildman–Crippen LogP) is 2.56. The van der Waals surface area contributed by atoms with E-state index in [0.29, 0.717) is 35.0 Å². The van der Waals surface area contributed by atoms with Crippen LogP contribution in [0, 0.1) is 5.92 Å². The maximum absolute atomic E-state index is 12.9. The van der Waals surface area contributed by atoms with Gasteiger partial charge in [0, 0.05) is 35.9 Å². The summed E-state index contributed by atoms with van der Waals surface area (Å²) in [4.78, 5) is 3.36. The highest BCUT2D eigenvalue weighted by Gasteiger charge is 2.31. The number of nitrogens with one attached hydrogen (secondary N) is 1. The van der Waals surface area contributed by atoms with Crippen molar-refractivity contribution in [2.75, 3.05) is 18.8 Å². The number of anilines is 1. The van der Waals surface area contributed by atoms with Crippen LogP contribution in [0.5, 0.6) is 0 Å². The Labute approximate surface area is 125 Å². The Kier molecular flexibility index (Phi) is 3.67. The molecule has 0 saturated carbocycles. The van der Waals surface area contributed by atoms with Crippen molar-refractivity contribution in [3.63, 3.8) is 0 Å². The second kappa shape index (κ2) is 5.35. The van der Waals surface area contributed by atoms with E-state index in [9.17, 15) is 8.42 Å². The average molecular weight is 307 g/mol. The fraction of sp³-hybridized carbons (Fsp3) is 0.467. The summed E-state index contributed by atoms with van der Waals surface area (Å²) in [5.74, 6) is 0.462. The SMILES string of the molecule is CCC1CCCN(S(=O)(=O)c2c[nH]c3ccc(N)cc23)C1. The third-order valence-corrected chi connectivity index (χ3v) is 6.25. The molecule has 1 aliphatic heterocycles. The average Bonchev–Trinajstić information content (AvgIpc) is 2.91. The van der Waals surface area contributed by atoms with Gasteiger partial charge in [0.1, 0.15) is 4.90 Å². The number of hydrogen-bond acceptors (Lipinski definition) is 3. The van der Waals surface area contributed by atoms with E-state index in [0.717, 1.165) is 24.8 Å². The van der Waals surface area contributed by atoms with Crippen LogP contribution < -0.4 is 5.73 Å². The summed E-state index contributed by atoms with van der Waals surface area (Å²) in [6, 6.07) is 5.30. The van der Waals surface area contributed by atoms with E-state index in [1.807, 2.05) is 6.07 Å². The molecule has 0 aliphatic carbocycles. The van der Waals surface area contributed by atoms with E-state index >= 15 is 0 Å². The number of piperidine rings is 1. The van der Waals surface area contributed by atoms with Gasteiger partial charge in [-0.25, -0.2) is 8.42 Å². The van der Waals surface area contributed by atoms with Crippen LogP contribution in [0.25, 0.3) is 10.9 Å². The van der Waals surface area contributed by atoms with Crippen LogP contribution in [0.4, 0.5) is 5.69 Å². The summed E-state index contributed by atoms with van der Waals surface area (Å²) in [7, 11) is -3.46. The number of aromatic amines is 1. The van der Waals surface area contributed by atoms with Crippen molar-refractivity contribution < 1.29 is 8.42 Å². The minimum atomic E-state index is -3.46. The van der Waals surface area contributed by atoms with Crippen molar-refractivity contribution in [3.05, 3.63) is 24.4 Å². The van der Waals surface area contributed by atoms with Crippen LogP contribution in [0.3, 0.4) is 0 Å². The number of H-pyrrole nitrogens is 1. The zero-order valence-corrected chi connectivity index (χ0v) is 13.0. The first-order valence-electron chi connectivity index (χ1n) is 7.39. The second-order valence-electron chi connectivity index (χ2n) is 5.74. The molecule has 1 unspecified atom stereocenters. The molecule has 0 spiro atoms. The molecule has 6 heteroatoms. The van der Waals surface area contributed by atoms with Gasteiger partial charge in [0.2, 0.25) is 10.0 Å². The number of rotatable bonds is 3. The van der Waals surface area contributed by atoms with E-state index < -0.39 is 10.0 Å². The molecule has 1 saturated heterocycles. The van der Waals surface area contributed by atoms with Crippen LogP contribution in [0.1, 0.15) is 26.2 Å². The number of sulfonamides is 1. The summed E-state index contributed by atoms with van der Waals surface area (Å²) < 4.78 is 27.4. The minimum Gasteiger partial charge on any atom is -0.399 e. The molecule has 1 aliphatic rings. The number of nitrogen functional groups attached to an aromatic ring is 1. The monoisotopic (exact) mass is 307 g/mol. The molecule has 3 rings (SSSR count). The van der Waals surface area contributed by atoms with Crippen LogP contribution in [0.15, 0.2) is 29.3 Å². The molecular weight excluding hydrogens is 286 g/mol. The summed E-state index contributed by atoms with van der Waals surface area (Å²) in [5, 5.41) is 0.675. The van der Waals surface area contributed by atoms with Gasteiger partial charge in [-0.1, -0.05) is 13.3 Å². The molecule has 0 amide bonds. The van der Waals surface area contributed by atoms with Gasteiger partial charge in [0.25, 0.3) is 0 Å². The first kappa shape index (κ1) is 14.4. The van der Waals surface area contributed by atoms with Crippen LogP contribution in [0.2, 0.25) is 0 Å². The standard InChI is InChI=1S/C15H21N3O2S/c1-2-11-4-3-7-18(10-11)21(19,20)15-9-17-14-6-5-12(16)8-13(14)15/h5-6,8-9,11,17H,2-4,7,10,16H2,1H3. The Morgan fingerprint density at radius 2 is 2.24 bits per heavy atom. The molecule has 5 nitrogen and oxygen atoms in total. The molecule has 0 bridgehead atoms. The Morgan fingerprint density at radius 3 is 3.00 bits per heavy atom. The van der Waals surface area contributed by atoms with Gasteiger partial charge < -0.3 is 10.7 Å². The molecular formula is C15H21N3O2S. The minimum absolute atomic E-state index is 0.335. The zero-order chi connectivity index (χ0) is 15.0. The first-order chi connectivity index (χ1) is 10.0. The molecule has 1 aromatic carbocycles. The highest BCUT2D eigenvalue weighted by Crippen LogP contribution is 2.30. The summed E-state index contributed by atoms with van der Waals surface area (Å²) in [5.41, 5.74) is 7.17. The number of nitrogens with two attached hydrogens (primary N) is 1. The third-order valence-electron chi connectivity index (χ3n) is 4.34. The number of hydrogen-bond donors (Lipinski definition) is 2. The lowest BCUT2D eigenvalue weighted by atomic mass is 9.97. The lowest BCUT2D eigenvalue weighted by Gasteiger charge is -2.31. The molecule has 3 N–H and O–H groups in total. The molecule has 1 atom stereocenters. The van der Waals surface area contributed by atoms with E-state index in [1.54, 1.807) is 22.6 Å². The summed E-state index contributed by atoms with van der Waals surface area (Å²) >= 11 is 0. The van der Waals surface area contributed by atoms with Crippen molar-refractivity contribution >= 4 is 26.6 Å². The van der Waals surface area contributed by atoms with E-state index in [4.69, 9.17) is 5.73 Å². The molecule has 114 valence electrons. The molecule has 2 aromatic rings. The van der Waals surface area contributed by atoms with Gasteiger partial charge in [-0.05, 0) is 37.0 Å². The second-order valence-corrected chi connectivity index (χ2v) is 7.64. The quantitative estimate of drug-likeness (QED) is 0.855. The van der Waals surface area contributed by atoms with Crippen LogP contribution in [-0.2, 0) is 10.0 Å². The fourth-order valence-corrected chi connectivity index (χ4v) is 4.75. The number of benzene rings is 1. The van der Waals surface area contributed by atoms with Crippen molar-refractivity contribution in [3.8, 4) is 0 Å². The summed E-state index contributed by atoms with van der Waals surface area (Å²) in [6.45, 7) is 3.34. The van der Waals surface area contributed by atoms with Crippen molar-refractivity contribution in [2.45, 2.75) is 31.1 Å². The highest BCUT2D eigenvalue weighted by atomic mass is 32.2. The van der Waals surface area contributed by atoms with Gasteiger partial charge >= 0.3 is 0 Å². The zero-order valence-electron chi connectivity index (χ0n) is 12.2. The largest absolute Gasteiger partial charge is 0.399 e. The van der Waals surface area contributed by atoms with E-state index in [-0.39, 0.29) is 0 Å². The number of nitrogens with zero attached hydrogens (tertiary/aromatic N) is 1. The first-order valence-corrected chi connectivity index (χ1v) is 8.83. The maximum Gasteiger partial charge on any atom is 0.245 e. The third kappa shape index (κ3) is 2.53. The van der Waals surface area contributed by atoms with Gasteiger partial charge in [0.05, 0.1) is 0 Å². The van der Waals surface area contributed by atoms with Gasteiger partial charge in [-0.3, -0.25) is 0 Å². The molecule has 1 aromatic heterocycles. The lowest BCUT2D eigenvalue weighted by Crippen LogP contribution is -2.39. The summed E-state index contributed by atoms with van der Waals surface area (Å²) in [6.07, 6.45) is 4.65. The predicted molar refractivity (Wildman–Crippen MR) is 84.5 cm³/mol. The topological polar surface area (TPSA) is 79.2 Å². The Bertz CT molecular complexity index is 751. The maximum atomic E-state index is 12.9. The van der Waals surface area contributed by atoms with Crippen molar-refractivity contribution in [1.82, 2.24) is 9.29 Å². The number of fused-ring (bicyclic) bond motifs is 1. The smallest absolute Gasteiger partial charge is 0.245 e. The molecule has 2 heterocycles. The highest BCUT2D eigenvalue weighted by molar-refractivity contribution is 7.89. The van der Waals surface area contributed by atoms with Crippen LogP contribution in [-0.4, -0.2) is 30.8 Å².